The Morgan fingerprint density at radius 3 is 2.92 bits per heavy atom. The Kier molecular flexibility index (Phi) is 1.87. The van der Waals surface area contributed by atoms with Gasteiger partial charge in [-0.2, -0.15) is 0 Å². The van der Waals surface area contributed by atoms with Crippen LogP contribution in [0, 0.1) is 0 Å². The second-order valence-corrected chi connectivity index (χ2v) is 2.73. The summed E-state index contributed by atoms with van der Waals surface area (Å²) < 4.78 is 5.14. The summed E-state index contributed by atoms with van der Waals surface area (Å²) in [6.45, 7) is -0.483. The number of ketones is 1. The molecule has 0 fully saturated rings. The summed E-state index contributed by atoms with van der Waals surface area (Å²) in [4.78, 5) is 11.2. The van der Waals surface area contributed by atoms with Gasteiger partial charge in [-0.05, 0) is 6.07 Å². The van der Waals surface area contributed by atoms with Crippen LogP contribution in [0.3, 0.4) is 0 Å². The van der Waals surface area contributed by atoms with E-state index < -0.39 is 6.61 Å². The normalized spacial score (nSPS) is 10.5. The molecule has 13 heavy (non-hydrogen) atoms. The molecule has 0 saturated carbocycles. The summed E-state index contributed by atoms with van der Waals surface area (Å²) in [6.07, 6.45) is 1.38. The van der Waals surface area contributed by atoms with Crippen molar-refractivity contribution in [1.82, 2.24) is 0 Å². The molecule has 2 rings (SSSR count). The predicted molar refractivity (Wildman–Crippen MR) is 47.6 cm³/mol. The molecule has 2 aromatic rings. The number of rotatable bonds is 2. The summed E-state index contributed by atoms with van der Waals surface area (Å²) >= 11 is 0. The maximum Gasteiger partial charge on any atom is 0.192 e. The molecule has 0 bridgehead atoms. The first-order valence-electron chi connectivity index (χ1n) is 3.93. The van der Waals surface area contributed by atoms with Crippen molar-refractivity contribution < 1.29 is 14.3 Å². The number of hydrogen-bond acceptors (Lipinski definition) is 3. The standard InChI is InChI=1S/C10H8O3/c11-5-9(12)8-6-13-10-4-2-1-3-7(8)10/h1-4,6,11H,5H2. The molecule has 0 aliphatic rings. The van der Waals surface area contributed by atoms with Crippen molar-refractivity contribution in [2.45, 2.75) is 0 Å². The van der Waals surface area contributed by atoms with E-state index in [0.29, 0.717) is 11.1 Å². The number of hydrogen-bond donors (Lipinski definition) is 1. The Labute approximate surface area is 74.6 Å². The van der Waals surface area contributed by atoms with Crippen LogP contribution in [0.5, 0.6) is 0 Å². The third kappa shape index (κ3) is 1.23. The Morgan fingerprint density at radius 1 is 1.38 bits per heavy atom. The molecular formula is C10H8O3. The largest absolute Gasteiger partial charge is 0.464 e. The number of fused-ring (bicyclic) bond motifs is 1. The van der Waals surface area contributed by atoms with Crippen LogP contribution in [0.2, 0.25) is 0 Å². The predicted octanol–water partition coefficient (Wildman–Crippen LogP) is 1.61. The van der Waals surface area contributed by atoms with Crippen LogP contribution in [-0.4, -0.2) is 17.5 Å². The van der Waals surface area contributed by atoms with Gasteiger partial charge in [0, 0.05) is 5.39 Å². The molecule has 0 saturated heterocycles. The molecule has 66 valence electrons. The number of benzene rings is 1. The van der Waals surface area contributed by atoms with Gasteiger partial charge in [-0.15, -0.1) is 0 Å². The molecule has 0 aliphatic carbocycles. The monoisotopic (exact) mass is 176 g/mol. The minimum Gasteiger partial charge on any atom is -0.464 e. The van der Waals surface area contributed by atoms with Gasteiger partial charge >= 0.3 is 0 Å². The maximum absolute atomic E-state index is 11.2. The van der Waals surface area contributed by atoms with Crippen molar-refractivity contribution in [2.24, 2.45) is 0 Å². The van der Waals surface area contributed by atoms with Gasteiger partial charge in [-0.3, -0.25) is 4.79 Å². The number of furan rings is 1. The number of Topliss-reactive ketones (excluding diaryl/α,β-unsaturated/α-hetero) is 1. The summed E-state index contributed by atoms with van der Waals surface area (Å²) in [5.41, 5.74) is 1.11. The number of aliphatic hydroxyl groups is 1. The maximum atomic E-state index is 11.2. The molecule has 3 nitrogen and oxygen atoms in total. The second kappa shape index (κ2) is 3.03. The van der Waals surface area contributed by atoms with E-state index >= 15 is 0 Å². The molecule has 1 heterocycles. The summed E-state index contributed by atoms with van der Waals surface area (Å²) in [5, 5.41) is 9.43. The Bertz CT molecular complexity index is 442. The third-order valence-electron chi connectivity index (χ3n) is 1.92. The van der Waals surface area contributed by atoms with Crippen LogP contribution in [0.1, 0.15) is 10.4 Å². The summed E-state index contributed by atoms with van der Waals surface area (Å²) in [7, 11) is 0. The van der Waals surface area contributed by atoms with Gasteiger partial charge < -0.3 is 9.52 Å². The minimum absolute atomic E-state index is 0.315. The van der Waals surface area contributed by atoms with Crippen LogP contribution < -0.4 is 0 Å². The first-order chi connectivity index (χ1) is 6.33. The molecule has 1 aromatic heterocycles. The van der Waals surface area contributed by atoms with Gasteiger partial charge in [0.15, 0.2) is 5.78 Å². The van der Waals surface area contributed by atoms with E-state index in [1.54, 1.807) is 12.1 Å². The fraction of sp³-hybridized carbons (Fsp3) is 0.100. The van der Waals surface area contributed by atoms with Crippen LogP contribution in [0.4, 0.5) is 0 Å². The highest BCUT2D eigenvalue weighted by molar-refractivity contribution is 6.07. The van der Waals surface area contributed by atoms with E-state index in [4.69, 9.17) is 9.52 Å². The van der Waals surface area contributed by atoms with Crippen molar-refractivity contribution in [3.05, 3.63) is 36.1 Å². The summed E-state index contributed by atoms with van der Waals surface area (Å²) in [5.74, 6) is -0.315. The average molecular weight is 176 g/mol. The number of carbonyl (C=O) groups is 1. The van der Waals surface area contributed by atoms with Gasteiger partial charge in [0.25, 0.3) is 0 Å². The quantitative estimate of drug-likeness (QED) is 0.707. The van der Waals surface area contributed by atoms with Crippen molar-refractivity contribution in [1.29, 1.82) is 0 Å². The zero-order chi connectivity index (χ0) is 9.26. The Balaban J connectivity index is 2.64. The van der Waals surface area contributed by atoms with E-state index in [2.05, 4.69) is 0 Å². The van der Waals surface area contributed by atoms with Crippen LogP contribution >= 0.6 is 0 Å². The fourth-order valence-electron chi connectivity index (χ4n) is 1.28. The molecule has 1 aromatic carbocycles. The van der Waals surface area contributed by atoms with E-state index in [9.17, 15) is 4.79 Å². The fourth-order valence-corrected chi connectivity index (χ4v) is 1.28. The second-order valence-electron chi connectivity index (χ2n) is 2.73. The molecular weight excluding hydrogens is 168 g/mol. The van der Waals surface area contributed by atoms with Gasteiger partial charge in [0.05, 0.1) is 5.56 Å². The van der Waals surface area contributed by atoms with E-state index in [1.165, 1.54) is 6.26 Å². The number of carbonyl (C=O) groups excluding carboxylic acids is 1. The van der Waals surface area contributed by atoms with Crippen molar-refractivity contribution in [3.63, 3.8) is 0 Å². The molecule has 0 radical (unpaired) electrons. The van der Waals surface area contributed by atoms with Crippen LogP contribution in [-0.2, 0) is 0 Å². The molecule has 0 spiro atoms. The lowest BCUT2D eigenvalue weighted by molar-refractivity contribution is 0.0904. The average Bonchev–Trinajstić information content (AvgIpc) is 2.60. The first-order valence-corrected chi connectivity index (χ1v) is 3.93. The van der Waals surface area contributed by atoms with Gasteiger partial charge in [-0.25, -0.2) is 0 Å². The topological polar surface area (TPSA) is 50.4 Å². The van der Waals surface area contributed by atoms with Crippen molar-refractivity contribution >= 4 is 16.8 Å². The van der Waals surface area contributed by atoms with Gasteiger partial charge in [-0.1, -0.05) is 18.2 Å². The van der Waals surface area contributed by atoms with Crippen molar-refractivity contribution in [2.75, 3.05) is 6.61 Å². The smallest absolute Gasteiger partial charge is 0.192 e. The third-order valence-corrected chi connectivity index (χ3v) is 1.92. The van der Waals surface area contributed by atoms with E-state index in [1.807, 2.05) is 12.1 Å². The van der Waals surface area contributed by atoms with Crippen LogP contribution in [0.15, 0.2) is 34.9 Å². The number of aliphatic hydroxyl groups excluding tert-OH is 1. The Morgan fingerprint density at radius 2 is 2.15 bits per heavy atom. The zero-order valence-corrected chi connectivity index (χ0v) is 6.86. The van der Waals surface area contributed by atoms with E-state index in [0.717, 1.165) is 5.39 Å². The highest BCUT2D eigenvalue weighted by Crippen LogP contribution is 2.20. The van der Waals surface area contributed by atoms with E-state index in [-0.39, 0.29) is 5.78 Å². The minimum atomic E-state index is -0.483. The van der Waals surface area contributed by atoms with Crippen LogP contribution in [0.25, 0.3) is 11.0 Å². The van der Waals surface area contributed by atoms with Crippen molar-refractivity contribution in [3.8, 4) is 0 Å². The van der Waals surface area contributed by atoms with Gasteiger partial charge in [0.1, 0.15) is 18.5 Å². The lowest BCUT2D eigenvalue weighted by Crippen LogP contribution is -2.02. The lowest BCUT2D eigenvalue weighted by Gasteiger charge is -1.91. The highest BCUT2D eigenvalue weighted by atomic mass is 16.3. The molecule has 0 aliphatic heterocycles. The Hall–Kier alpha value is -1.61. The first kappa shape index (κ1) is 8.01. The SMILES string of the molecule is O=C(CO)c1coc2ccccc12. The molecule has 0 amide bonds. The molecule has 1 N–H and O–H groups in total. The zero-order valence-electron chi connectivity index (χ0n) is 6.86. The summed E-state index contributed by atoms with van der Waals surface area (Å²) in [6, 6.07) is 7.23. The highest BCUT2D eigenvalue weighted by Gasteiger charge is 2.11. The lowest BCUT2D eigenvalue weighted by atomic mass is 10.1. The molecule has 3 heteroatoms. The van der Waals surface area contributed by atoms with Gasteiger partial charge in [0.2, 0.25) is 0 Å². The molecule has 0 unspecified atom stereocenters. The molecule has 0 atom stereocenters. The number of para-hydroxylation sites is 1.